The molecule has 2 rings (SSSR count). The van der Waals surface area contributed by atoms with E-state index in [-0.39, 0.29) is 11.8 Å². The van der Waals surface area contributed by atoms with Gasteiger partial charge in [0.1, 0.15) is 0 Å². The van der Waals surface area contributed by atoms with E-state index in [0.29, 0.717) is 12.5 Å². The van der Waals surface area contributed by atoms with Gasteiger partial charge in [-0.25, -0.2) is 0 Å². The molecule has 2 unspecified atom stereocenters. The van der Waals surface area contributed by atoms with Gasteiger partial charge in [0.15, 0.2) is 0 Å². The largest absolute Gasteiger partial charge is 0.387 e. The molecule has 1 amide bonds. The zero-order valence-corrected chi connectivity index (χ0v) is 11.8. The maximum atomic E-state index is 12.1. The summed E-state index contributed by atoms with van der Waals surface area (Å²) >= 11 is 1.75. The van der Waals surface area contributed by atoms with Gasteiger partial charge in [0.25, 0.3) is 0 Å². The second kappa shape index (κ2) is 6.26. The van der Waals surface area contributed by atoms with Crippen LogP contribution in [0.25, 0.3) is 0 Å². The fourth-order valence-corrected chi connectivity index (χ4v) is 3.87. The lowest BCUT2D eigenvalue weighted by atomic mass is 9.86. The Kier molecular flexibility index (Phi) is 4.92. The molecule has 0 saturated carbocycles. The van der Waals surface area contributed by atoms with Crippen molar-refractivity contribution in [1.82, 2.24) is 5.32 Å². The third-order valence-electron chi connectivity index (χ3n) is 4.06. The van der Waals surface area contributed by atoms with Crippen molar-refractivity contribution in [2.24, 2.45) is 11.8 Å². The minimum absolute atomic E-state index is 0.0200. The Morgan fingerprint density at radius 1 is 1.56 bits per heavy atom. The Morgan fingerprint density at radius 3 is 2.89 bits per heavy atom. The summed E-state index contributed by atoms with van der Waals surface area (Å²) in [6.45, 7) is 3.91. The van der Waals surface area contributed by atoms with Crippen molar-refractivity contribution in [3.8, 4) is 0 Å². The number of carbonyl (C=O) groups is 1. The van der Waals surface area contributed by atoms with Crippen LogP contribution in [0, 0.1) is 11.8 Å². The minimum Gasteiger partial charge on any atom is -0.387 e. The van der Waals surface area contributed by atoms with Crippen LogP contribution in [0.15, 0.2) is 0 Å². The molecule has 0 aromatic carbocycles. The SMILES string of the molecule is CC(C(=O)NCC1(O)CCSC1)C1CCOCC1. The average Bonchev–Trinajstić information content (AvgIpc) is 2.83. The maximum Gasteiger partial charge on any atom is 0.223 e. The minimum atomic E-state index is -0.685. The third-order valence-corrected chi connectivity index (χ3v) is 5.30. The summed E-state index contributed by atoms with van der Waals surface area (Å²) in [6.07, 6.45) is 2.72. The molecule has 2 atom stereocenters. The predicted molar refractivity (Wildman–Crippen MR) is 72.6 cm³/mol. The Hall–Kier alpha value is -0.260. The number of carbonyl (C=O) groups excluding carboxylic acids is 1. The number of nitrogens with one attached hydrogen (secondary N) is 1. The smallest absolute Gasteiger partial charge is 0.223 e. The normalized spacial score (nSPS) is 31.2. The summed E-state index contributed by atoms with van der Waals surface area (Å²) in [5, 5.41) is 13.1. The van der Waals surface area contributed by atoms with Crippen molar-refractivity contribution in [3.05, 3.63) is 0 Å². The molecule has 18 heavy (non-hydrogen) atoms. The molecule has 104 valence electrons. The first-order valence-electron chi connectivity index (χ1n) is 6.76. The van der Waals surface area contributed by atoms with Crippen molar-refractivity contribution in [2.75, 3.05) is 31.3 Å². The van der Waals surface area contributed by atoms with E-state index in [2.05, 4.69) is 5.32 Å². The first-order chi connectivity index (χ1) is 8.61. The van der Waals surface area contributed by atoms with Gasteiger partial charge in [0.2, 0.25) is 5.91 Å². The molecular weight excluding hydrogens is 250 g/mol. The molecule has 0 bridgehead atoms. The predicted octanol–water partition coefficient (Wildman–Crippen LogP) is 1.03. The van der Waals surface area contributed by atoms with Gasteiger partial charge in [-0.2, -0.15) is 11.8 Å². The summed E-state index contributed by atoms with van der Waals surface area (Å²) in [7, 11) is 0. The fraction of sp³-hybridized carbons (Fsp3) is 0.923. The van der Waals surface area contributed by atoms with Gasteiger partial charge in [-0.3, -0.25) is 4.79 Å². The zero-order chi connectivity index (χ0) is 13.0. The maximum absolute atomic E-state index is 12.1. The van der Waals surface area contributed by atoms with E-state index in [0.717, 1.165) is 44.0 Å². The van der Waals surface area contributed by atoms with Crippen LogP contribution in [0.2, 0.25) is 0 Å². The third kappa shape index (κ3) is 3.62. The number of hydrogen-bond acceptors (Lipinski definition) is 4. The number of hydrogen-bond donors (Lipinski definition) is 2. The van der Waals surface area contributed by atoms with Crippen LogP contribution >= 0.6 is 11.8 Å². The van der Waals surface area contributed by atoms with Gasteiger partial charge in [-0.1, -0.05) is 6.92 Å². The highest BCUT2D eigenvalue weighted by atomic mass is 32.2. The lowest BCUT2D eigenvalue weighted by molar-refractivity contribution is -0.128. The Labute approximate surface area is 113 Å². The second-order valence-corrected chi connectivity index (χ2v) is 6.59. The van der Waals surface area contributed by atoms with Crippen molar-refractivity contribution in [1.29, 1.82) is 0 Å². The van der Waals surface area contributed by atoms with Gasteiger partial charge >= 0.3 is 0 Å². The van der Waals surface area contributed by atoms with Gasteiger partial charge in [0, 0.05) is 31.4 Å². The first kappa shape index (κ1) is 14.2. The number of amides is 1. The van der Waals surface area contributed by atoms with Crippen LogP contribution < -0.4 is 5.32 Å². The highest BCUT2D eigenvalue weighted by Gasteiger charge is 2.33. The van der Waals surface area contributed by atoms with Crippen molar-refractivity contribution in [3.63, 3.8) is 0 Å². The molecule has 2 heterocycles. The molecule has 2 N–H and O–H groups in total. The quantitative estimate of drug-likeness (QED) is 0.803. The summed E-state index contributed by atoms with van der Waals surface area (Å²) in [5.41, 5.74) is -0.685. The average molecular weight is 273 g/mol. The molecule has 2 aliphatic rings. The van der Waals surface area contributed by atoms with E-state index in [9.17, 15) is 9.90 Å². The van der Waals surface area contributed by atoms with E-state index in [1.54, 1.807) is 11.8 Å². The van der Waals surface area contributed by atoms with Gasteiger partial charge < -0.3 is 15.2 Å². The van der Waals surface area contributed by atoms with Crippen LogP contribution in [-0.2, 0) is 9.53 Å². The zero-order valence-electron chi connectivity index (χ0n) is 11.0. The van der Waals surface area contributed by atoms with Crippen LogP contribution in [0.5, 0.6) is 0 Å². The van der Waals surface area contributed by atoms with E-state index in [4.69, 9.17) is 4.74 Å². The van der Waals surface area contributed by atoms with E-state index < -0.39 is 5.60 Å². The highest BCUT2D eigenvalue weighted by molar-refractivity contribution is 7.99. The van der Waals surface area contributed by atoms with E-state index >= 15 is 0 Å². The Bertz CT molecular complexity index is 286. The van der Waals surface area contributed by atoms with Crippen molar-refractivity contribution in [2.45, 2.75) is 31.8 Å². The highest BCUT2D eigenvalue weighted by Crippen LogP contribution is 2.28. The number of thioether (sulfide) groups is 1. The Balaban J connectivity index is 1.76. The summed E-state index contributed by atoms with van der Waals surface area (Å²) in [4.78, 5) is 12.1. The standard InChI is InChI=1S/C13H23NO3S/c1-10(11-2-5-17-6-3-11)12(15)14-8-13(16)4-7-18-9-13/h10-11,16H,2-9H2,1H3,(H,14,15). The molecule has 0 spiro atoms. The number of ether oxygens (including phenoxy) is 1. The monoisotopic (exact) mass is 273 g/mol. The van der Waals surface area contributed by atoms with Gasteiger partial charge in [0.05, 0.1) is 5.60 Å². The van der Waals surface area contributed by atoms with Crippen LogP contribution in [-0.4, -0.2) is 47.9 Å². The number of rotatable bonds is 4. The molecule has 5 heteroatoms. The molecule has 2 fully saturated rings. The lowest BCUT2D eigenvalue weighted by Gasteiger charge is -2.28. The first-order valence-corrected chi connectivity index (χ1v) is 7.92. The fourth-order valence-electron chi connectivity index (χ4n) is 2.58. The van der Waals surface area contributed by atoms with Crippen LogP contribution in [0.4, 0.5) is 0 Å². The molecule has 0 aliphatic carbocycles. The topological polar surface area (TPSA) is 58.6 Å². The summed E-state index contributed by atoms with van der Waals surface area (Å²) < 4.78 is 5.31. The lowest BCUT2D eigenvalue weighted by Crippen LogP contribution is -2.45. The summed E-state index contributed by atoms with van der Waals surface area (Å²) in [6, 6.07) is 0. The summed E-state index contributed by atoms with van der Waals surface area (Å²) in [5.74, 6) is 2.24. The molecule has 2 aliphatic heterocycles. The molecular formula is C13H23NO3S. The van der Waals surface area contributed by atoms with E-state index in [1.165, 1.54) is 0 Å². The number of aliphatic hydroxyl groups is 1. The second-order valence-electron chi connectivity index (χ2n) is 5.48. The molecule has 0 radical (unpaired) electrons. The Morgan fingerprint density at radius 2 is 2.28 bits per heavy atom. The van der Waals surface area contributed by atoms with Crippen molar-refractivity contribution < 1.29 is 14.6 Å². The van der Waals surface area contributed by atoms with E-state index in [1.807, 2.05) is 6.92 Å². The van der Waals surface area contributed by atoms with Crippen LogP contribution in [0.1, 0.15) is 26.2 Å². The molecule has 2 saturated heterocycles. The van der Waals surface area contributed by atoms with Gasteiger partial charge in [-0.15, -0.1) is 0 Å². The molecule has 0 aromatic rings. The van der Waals surface area contributed by atoms with Crippen molar-refractivity contribution >= 4 is 17.7 Å². The molecule has 0 aromatic heterocycles. The van der Waals surface area contributed by atoms with Gasteiger partial charge in [-0.05, 0) is 30.9 Å². The molecule has 4 nitrogen and oxygen atoms in total. The van der Waals surface area contributed by atoms with Crippen LogP contribution in [0.3, 0.4) is 0 Å².